The highest BCUT2D eigenvalue weighted by Gasteiger charge is 2.56. The van der Waals surface area contributed by atoms with E-state index >= 15 is 0 Å². The van der Waals surface area contributed by atoms with Gasteiger partial charge in [0.15, 0.2) is 0 Å². The second-order valence-corrected chi connectivity index (χ2v) is 11.3. The SMILES string of the molecule is CCOc1cc(C(C)(C)C)ccc1C1=N[C@@](CC)(c2ccc(Cl)cc2)[C@](CC)(c2ccc(Cl)cc2)N1. The molecule has 0 saturated heterocycles. The largest absolute Gasteiger partial charge is 0.493 e. The summed E-state index contributed by atoms with van der Waals surface area (Å²) in [5.41, 5.74) is 3.45. The Morgan fingerprint density at radius 2 is 1.39 bits per heavy atom. The molecule has 3 aromatic rings. The summed E-state index contributed by atoms with van der Waals surface area (Å²) in [7, 11) is 0. The van der Waals surface area contributed by atoms with E-state index < -0.39 is 11.1 Å². The van der Waals surface area contributed by atoms with Crippen LogP contribution in [0.1, 0.15) is 76.6 Å². The zero-order valence-electron chi connectivity index (χ0n) is 22.1. The molecule has 0 aliphatic carbocycles. The molecule has 0 bridgehead atoms. The summed E-state index contributed by atoms with van der Waals surface area (Å²) in [6.45, 7) is 13.7. The molecule has 5 heteroatoms. The summed E-state index contributed by atoms with van der Waals surface area (Å²) in [4.78, 5) is 5.52. The summed E-state index contributed by atoms with van der Waals surface area (Å²) >= 11 is 12.6. The first-order valence-corrected chi connectivity index (χ1v) is 13.5. The summed E-state index contributed by atoms with van der Waals surface area (Å²) in [6, 6.07) is 22.8. The molecule has 190 valence electrons. The Morgan fingerprint density at radius 1 is 0.806 bits per heavy atom. The maximum atomic E-state index is 6.30. The molecular weight excluding hydrogens is 487 g/mol. The number of rotatable bonds is 7. The lowest BCUT2D eigenvalue weighted by atomic mass is 9.66. The van der Waals surface area contributed by atoms with Crippen molar-refractivity contribution in [3.05, 3.63) is 99.0 Å². The molecule has 3 nitrogen and oxygen atoms in total. The average molecular weight is 524 g/mol. The lowest BCUT2D eigenvalue weighted by Crippen LogP contribution is -2.53. The predicted octanol–water partition coefficient (Wildman–Crippen LogP) is 8.65. The lowest BCUT2D eigenvalue weighted by molar-refractivity contribution is 0.205. The van der Waals surface area contributed by atoms with Crippen molar-refractivity contribution in [2.75, 3.05) is 6.61 Å². The topological polar surface area (TPSA) is 33.6 Å². The number of nitrogens with zero attached hydrogens (tertiary/aromatic N) is 1. The van der Waals surface area contributed by atoms with Crippen LogP contribution in [0.4, 0.5) is 0 Å². The molecule has 1 heterocycles. The van der Waals surface area contributed by atoms with E-state index in [-0.39, 0.29) is 5.41 Å². The molecule has 0 aromatic heterocycles. The summed E-state index contributed by atoms with van der Waals surface area (Å²) < 4.78 is 6.18. The van der Waals surface area contributed by atoms with E-state index in [1.165, 1.54) is 5.56 Å². The molecule has 0 amide bonds. The molecule has 0 saturated carbocycles. The minimum absolute atomic E-state index is 0.0161. The smallest absolute Gasteiger partial charge is 0.133 e. The van der Waals surface area contributed by atoms with Gasteiger partial charge in [-0.05, 0) is 78.3 Å². The quantitative estimate of drug-likeness (QED) is 0.336. The van der Waals surface area contributed by atoms with Gasteiger partial charge in [0.25, 0.3) is 0 Å². The van der Waals surface area contributed by atoms with E-state index in [0.29, 0.717) is 16.7 Å². The molecule has 3 aromatic carbocycles. The van der Waals surface area contributed by atoms with Gasteiger partial charge in [0.05, 0.1) is 17.7 Å². The van der Waals surface area contributed by atoms with Crippen molar-refractivity contribution in [3.8, 4) is 5.75 Å². The minimum atomic E-state index is -0.554. The molecule has 36 heavy (non-hydrogen) atoms. The van der Waals surface area contributed by atoms with Gasteiger partial charge in [-0.25, -0.2) is 0 Å². The Kier molecular flexibility index (Phi) is 7.46. The third-order valence-electron chi connectivity index (χ3n) is 7.44. The third kappa shape index (κ3) is 4.53. The van der Waals surface area contributed by atoms with E-state index in [9.17, 15) is 0 Å². The Hall–Kier alpha value is -2.49. The van der Waals surface area contributed by atoms with Gasteiger partial charge in [0, 0.05) is 10.0 Å². The number of nitrogens with one attached hydrogen (secondary N) is 1. The Labute approximate surface area is 225 Å². The fourth-order valence-electron chi connectivity index (χ4n) is 5.46. The summed E-state index contributed by atoms with van der Waals surface area (Å²) in [5, 5.41) is 5.34. The van der Waals surface area contributed by atoms with Crippen LogP contribution in [0.15, 0.2) is 71.7 Å². The van der Waals surface area contributed by atoms with Gasteiger partial charge in [-0.1, -0.05) is 88.2 Å². The molecular formula is C31H36Cl2N2O. The van der Waals surface area contributed by atoms with Crippen LogP contribution in [0, 0.1) is 0 Å². The molecule has 0 fully saturated rings. The number of hydrogen-bond donors (Lipinski definition) is 1. The number of benzene rings is 3. The number of halogens is 2. The van der Waals surface area contributed by atoms with Crippen molar-refractivity contribution in [2.24, 2.45) is 4.99 Å². The highest BCUT2D eigenvalue weighted by molar-refractivity contribution is 6.30. The monoisotopic (exact) mass is 522 g/mol. The molecule has 2 atom stereocenters. The zero-order valence-corrected chi connectivity index (χ0v) is 23.6. The average Bonchev–Trinajstić information content (AvgIpc) is 3.21. The third-order valence-corrected chi connectivity index (χ3v) is 7.95. The highest BCUT2D eigenvalue weighted by Crippen LogP contribution is 2.52. The molecule has 4 rings (SSSR count). The Morgan fingerprint density at radius 3 is 1.89 bits per heavy atom. The van der Waals surface area contributed by atoms with E-state index in [4.69, 9.17) is 32.9 Å². The van der Waals surface area contributed by atoms with Gasteiger partial charge in [-0.15, -0.1) is 0 Å². The molecule has 1 aliphatic rings. The number of ether oxygens (including phenoxy) is 1. The molecule has 0 spiro atoms. The zero-order chi connectivity index (χ0) is 26.1. The van der Waals surface area contributed by atoms with E-state index in [2.05, 4.69) is 82.4 Å². The summed E-state index contributed by atoms with van der Waals surface area (Å²) in [5.74, 6) is 1.69. The van der Waals surface area contributed by atoms with Crippen molar-refractivity contribution in [2.45, 2.75) is 70.9 Å². The maximum absolute atomic E-state index is 6.30. The molecule has 0 radical (unpaired) electrons. The van der Waals surface area contributed by atoms with Crippen molar-refractivity contribution in [3.63, 3.8) is 0 Å². The number of aliphatic imine (C=N–C) groups is 1. The minimum Gasteiger partial charge on any atom is -0.493 e. The molecule has 1 aliphatic heterocycles. The van der Waals surface area contributed by atoms with E-state index in [1.54, 1.807) is 0 Å². The van der Waals surface area contributed by atoms with E-state index in [0.717, 1.165) is 41.1 Å². The highest BCUT2D eigenvalue weighted by atomic mass is 35.5. The Balaban J connectivity index is 1.97. The van der Waals surface area contributed by atoms with Gasteiger partial charge in [0.2, 0.25) is 0 Å². The van der Waals surface area contributed by atoms with E-state index in [1.807, 2.05) is 31.2 Å². The lowest BCUT2D eigenvalue weighted by Gasteiger charge is -2.44. The number of amidine groups is 1. The second-order valence-electron chi connectivity index (χ2n) is 10.5. The Bertz CT molecular complexity index is 1250. The van der Waals surface area contributed by atoms with Gasteiger partial charge >= 0.3 is 0 Å². The van der Waals surface area contributed by atoms with Crippen molar-refractivity contribution >= 4 is 29.0 Å². The fraction of sp³-hybridized carbons (Fsp3) is 0.387. The van der Waals surface area contributed by atoms with Crippen LogP contribution in [0.3, 0.4) is 0 Å². The van der Waals surface area contributed by atoms with Crippen LogP contribution >= 0.6 is 23.2 Å². The standard InChI is InChI=1S/C31H36Cl2N2O/c1-7-30(21-10-15-24(32)16-11-21)31(8-2,22-12-17-25(33)18-13-22)35-28(34-30)26-19-14-23(29(4,5)6)20-27(26)36-9-3/h10-20H,7-9H2,1-6H3,(H,34,35)/t30-,31-/m0/s1. The van der Waals surface area contributed by atoms with Crippen LogP contribution in [-0.4, -0.2) is 12.4 Å². The van der Waals surface area contributed by atoms with Crippen molar-refractivity contribution in [1.82, 2.24) is 5.32 Å². The maximum Gasteiger partial charge on any atom is 0.133 e. The first-order chi connectivity index (χ1) is 17.1. The second kappa shape index (κ2) is 10.1. The normalized spacial score (nSPS) is 21.7. The van der Waals surface area contributed by atoms with Crippen LogP contribution in [0.25, 0.3) is 0 Å². The van der Waals surface area contributed by atoms with Gasteiger partial charge in [-0.2, -0.15) is 0 Å². The fourth-order valence-corrected chi connectivity index (χ4v) is 5.71. The van der Waals surface area contributed by atoms with Gasteiger partial charge in [-0.3, -0.25) is 4.99 Å². The molecule has 0 unspecified atom stereocenters. The number of hydrogen-bond acceptors (Lipinski definition) is 3. The van der Waals surface area contributed by atoms with Crippen LogP contribution in [-0.2, 0) is 16.5 Å². The van der Waals surface area contributed by atoms with Crippen molar-refractivity contribution < 1.29 is 4.74 Å². The van der Waals surface area contributed by atoms with Gasteiger partial charge in [0.1, 0.15) is 17.1 Å². The van der Waals surface area contributed by atoms with Crippen LogP contribution in [0.5, 0.6) is 5.75 Å². The first kappa shape index (κ1) is 26.6. The summed E-state index contributed by atoms with van der Waals surface area (Å²) in [6.07, 6.45) is 1.62. The first-order valence-electron chi connectivity index (χ1n) is 12.8. The molecule has 1 N–H and O–H groups in total. The van der Waals surface area contributed by atoms with Crippen LogP contribution < -0.4 is 10.1 Å². The van der Waals surface area contributed by atoms with Crippen LogP contribution in [0.2, 0.25) is 10.0 Å². The predicted molar refractivity (Wildman–Crippen MR) is 153 cm³/mol. The van der Waals surface area contributed by atoms with Gasteiger partial charge < -0.3 is 10.1 Å². The van der Waals surface area contributed by atoms with Crippen molar-refractivity contribution in [1.29, 1.82) is 0 Å².